The zero-order chi connectivity index (χ0) is 15.9. The molecule has 1 unspecified atom stereocenters. The summed E-state index contributed by atoms with van der Waals surface area (Å²) in [6.45, 7) is 3.18. The lowest BCUT2D eigenvalue weighted by Gasteiger charge is -2.10. The molecule has 2 rings (SSSR count). The predicted octanol–water partition coefficient (Wildman–Crippen LogP) is 2.90. The highest BCUT2D eigenvalue weighted by Gasteiger charge is 2.11. The second-order valence-electron chi connectivity index (χ2n) is 5.17. The molecule has 0 saturated carbocycles. The van der Waals surface area contributed by atoms with Gasteiger partial charge in [-0.25, -0.2) is 0 Å². The minimum absolute atomic E-state index is 0.0222. The van der Waals surface area contributed by atoms with Crippen LogP contribution in [0, 0.1) is 5.92 Å². The van der Waals surface area contributed by atoms with Crippen LogP contribution in [-0.4, -0.2) is 26.6 Å². The van der Waals surface area contributed by atoms with Crippen LogP contribution < -0.4 is 15.4 Å². The molecular weight excluding hydrogens is 296 g/mol. The maximum Gasteiger partial charge on any atom is 0.224 e. The van der Waals surface area contributed by atoms with Crippen molar-refractivity contribution in [2.75, 3.05) is 20.7 Å². The Balaban J connectivity index is 1.95. The van der Waals surface area contributed by atoms with E-state index in [1.807, 2.05) is 38.2 Å². The molecule has 2 aromatic rings. The molecule has 22 heavy (non-hydrogen) atoms. The van der Waals surface area contributed by atoms with Crippen molar-refractivity contribution in [3.63, 3.8) is 0 Å². The van der Waals surface area contributed by atoms with E-state index < -0.39 is 0 Å². The van der Waals surface area contributed by atoms with Crippen LogP contribution in [0.15, 0.2) is 36.4 Å². The highest BCUT2D eigenvalue weighted by molar-refractivity contribution is 7.15. The standard InChI is InChI=1S/C17H22N2O2S/c1-12(10-18-2)17(20)19-11-15-8-9-16(22-15)13-4-6-14(21-3)7-5-13/h4-9,12,18H,10-11H2,1-3H3,(H,19,20). The number of carbonyl (C=O) groups is 1. The van der Waals surface area contributed by atoms with Gasteiger partial charge in [0, 0.05) is 22.2 Å². The van der Waals surface area contributed by atoms with Crippen molar-refractivity contribution in [1.29, 1.82) is 0 Å². The second-order valence-corrected chi connectivity index (χ2v) is 6.34. The number of benzene rings is 1. The number of methoxy groups -OCH3 is 1. The summed E-state index contributed by atoms with van der Waals surface area (Å²) in [5, 5.41) is 5.99. The minimum atomic E-state index is -0.0222. The van der Waals surface area contributed by atoms with Crippen LogP contribution in [0.1, 0.15) is 11.8 Å². The average molecular weight is 318 g/mol. The van der Waals surface area contributed by atoms with Crippen LogP contribution in [0.2, 0.25) is 0 Å². The molecule has 1 heterocycles. The van der Waals surface area contributed by atoms with Crippen LogP contribution in [0.4, 0.5) is 0 Å². The largest absolute Gasteiger partial charge is 0.497 e. The summed E-state index contributed by atoms with van der Waals surface area (Å²) in [6.07, 6.45) is 0. The quantitative estimate of drug-likeness (QED) is 0.825. The van der Waals surface area contributed by atoms with Crippen molar-refractivity contribution >= 4 is 17.2 Å². The second kappa shape index (κ2) is 7.96. The summed E-state index contributed by atoms with van der Waals surface area (Å²) in [5.41, 5.74) is 1.16. The SMILES string of the molecule is CNCC(C)C(=O)NCc1ccc(-c2ccc(OC)cc2)s1. The normalized spacial score (nSPS) is 12.0. The Morgan fingerprint density at radius 2 is 1.95 bits per heavy atom. The van der Waals surface area contributed by atoms with E-state index in [4.69, 9.17) is 4.74 Å². The molecule has 0 aliphatic heterocycles. The third-order valence-corrected chi connectivity index (χ3v) is 4.57. The highest BCUT2D eigenvalue weighted by atomic mass is 32.1. The van der Waals surface area contributed by atoms with Crippen molar-refractivity contribution < 1.29 is 9.53 Å². The summed E-state index contributed by atoms with van der Waals surface area (Å²) < 4.78 is 5.17. The molecule has 0 spiro atoms. The van der Waals surface area contributed by atoms with Crippen LogP contribution in [0.25, 0.3) is 10.4 Å². The lowest BCUT2D eigenvalue weighted by Crippen LogP contribution is -2.33. The van der Waals surface area contributed by atoms with Gasteiger partial charge in [0.05, 0.1) is 13.7 Å². The summed E-state index contributed by atoms with van der Waals surface area (Å²) in [6, 6.07) is 12.1. The average Bonchev–Trinajstić information content (AvgIpc) is 3.02. The lowest BCUT2D eigenvalue weighted by atomic mass is 10.1. The van der Waals surface area contributed by atoms with Gasteiger partial charge in [0.15, 0.2) is 0 Å². The molecule has 1 aromatic heterocycles. The van der Waals surface area contributed by atoms with E-state index in [2.05, 4.69) is 22.8 Å². The fourth-order valence-electron chi connectivity index (χ4n) is 2.13. The Morgan fingerprint density at radius 3 is 2.59 bits per heavy atom. The Hall–Kier alpha value is -1.85. The molecule has 4 nitrogen and oxygen atoms in total. The Labute approximate surface area is 135 Å². The first-order valence-corrected chi connectivity index (χ1v) is 8.11. The molecular formula is C17H22N2O2S. The molecule has 1 aromatic carbocycles. The number of nitrogens with one attached hydrogen (secondary N) is 2. The molecule has 0 fully saturated rings. The van der Waals surface area contributed by atoms with Gasteiger partial charge in [0.2, 0.25) is 5.91 Å². The van der Waals surface area contributed by atoms with Crippen molar-refractivity contribution in [1.82, 2.24) is 10.6 Å². The van der Waals surface area contributed by atoms with E-state index in [0.717, 1.165) is 16.2 Å². The van der Waals surface area contributed by atoms with E-state index in [1.165, 1.54) is 4.88 Å². The third kappa shape index (κ3) is 4.32. The summed E-state index contributed by atoms with van der Waals surface area (Å²) in [7, 11) is 3.51. The molecule has 0 saturated heterocycles. The summed E-state index contributed by atoms with van der Waals surface area (Å²) in [4.78, 5) is 14.2. The van der Waals surface area contributed by atoms with Gasteiger partial charge in [-0.1, -0.05) is 6.92 Å². The molecule has 2 N–H and O–H groups in total. The zero-order valence-corrected chi connectivity index (χ0v) is 14.0. The van der Waals surface area contributed by atoms with Crippen molar-refractivity contribution in [3.05, 3.63) is 41.3 Å². The van der Waals surface area contributed by atoms with Gasteiger partial charge >= 0.3 is 0 Å². The first-order chi connectivity index (χ1) is 10.6. The van der Waals surface area contributed by atoms with Gasteiger partial charge in [-0.05, 0) is 49.0 Å². The molecule has 0 aliphatic carbocycles. The van der Waals surface area contributed by atoms with E-state index in [1.54, 1.807) is 18.4 Å². The van der Waals surface area contributed by atoms with Crippen LogP contribution in [0.5, 0.6) is 5.75 Å². The lowest BCUT2D eigenvalue weighted by molar-refractivity contribution is -0.124. The number of hydrogen-bond acceptors (Lipinski definition) is 4. The van der Waals surface area contributed by atoms with E-state index >= 15 is 0 Å². The Morgan fingerprint density at radius 1 is 1.23 bits per heavy atom. The molecule has 1 atom stereocenters. The topological polar surface area (TPSA) is 50.4 Å². The molecule has 0 bridgehead atoms. The molecule has 1 amide bonds. The fraction of sp³-hybridized carbons (Fsp3) is 0.353. The highest BCUT2D eigenvalue weighted by Crippen LogP contribution is 2.29. The number of carbonyl (C=O) groups excluding carboxylic acids is 1. The zero-order valence-electron chi connectivity index (χ0n) is 13.2. The van der Waals surface area contributed by atoms with E-state index in [9.17, 15) is 4.79 Å². The first kappa shape index (κ1) is 16.5. The maximum atomic E-state index is 11.9. The number of ether oxygens (including phenoxy) is 1. The Bertz CT molecular complexity index is 607. The molecule has 0 radical (unpaired) electrons. The van der Waals surface area contributed by atoms with Gasteiger partial charge in [0.25, 0.3) is 0 Å². The van der Waals surface area contributed by atoms with Crippen LogP contribution in [-0.2, 0) is 11.3 Å². The molecule has 118 valence electrons. The van der Waals surface area contributed by atoms with Gasteiger partial charge in [-0.3, -0.25) is 4.79 Å². The van der Waals surface area contributed by atoms with Gasteiger partial charge in [0.1, 0.15) is 5.75 Å². The number of hydrogen-bond donors (Lipinski definition) is 2. The number of thiophene rings is 1. The van der Waals surface area contributed by atoms with Gasteiger partial charge < -0.3 is 15.4 Å². The first-order valence-electron chi connectivity index (χ1n) is 7.29. The van der Waals surface area contributed by atoms with Gasteiger partial charge in [-0.15, -0.1) is 11.3 Å². The smallest absolute Gasteiger partial charge is 0.224 e. The fourth-order valence-corrected chi connectivity index (χ4v) is 3.08. The van der Waals surface area contributed by atoms with Gasteiger partial charge in [-0.2, -0.15) is 0 Å². The predicted molar refractivity (Wildman–Crippen MR) is 91.2 cm³/mol. The van der Waals surface area contributed by atoms with Crippen molar-refractivity contribution in [2.45, 2.75) is 13.5 Å². The van der Waals surface area contributed by atoms with Crippen molar-refractivity contribution in [2.24, 2.45) is 5.92 Å². The Kier molecular flexibility index (Phi) is 5.98. The number of amides is 1. The third-order valence-electron chi connectivity index (χ3n) is 3.43. The monoisotopic (exact) mass is 318 g/mol. The maximum absolute atomic E-state index is 11.9. The van der Waals surface area contributed by atoms with Crippen LogP contribution >= 0.6 is 11.3 Å². The molecule has 0 aliphatic rings. The van der Waals surface area contributed by atoms with E-state index in [0.29, 0.717) is 13.1 Å². The molecule has 5 heteroatoms. The summed E-state index contributed by atoms with van der Waals surface area (Å²) >= 11 is 1.70. The van der Waals surface area contributed by atoms with E-state index in [-0.39, 0.29) is 11.8 Å². The number of rotatable bonds is 7. The summed E-state index contributed by atoms with van der Waals surface area (Å²) in [5.74, 6) is 0.908. The minimum Gasteiger partial charge on any atom is -0.497 e. The van der Waals surface area contributed by atoms with Crippen LogP contribution in [0.3, 0.4) is 0 Å². The van der Waals surface area contributed by atoms with Crippen molar-refractivity contribution in [3.8, 4) is 16.2 Å².